The number of para-hydroxylation sites is 1. The molecular weight excluding hydrogens is 238 g/mol. The molecule has 104 valence electrons. The summed E-state index contributed by atoms with van der Waals surface area (Å²) in [5.41, 5.74) is 8.46. The third-order valence-corrected chi connectivity index (χ3v) is 4.33. The third-order valence-electron chi connectivity index (χ3n) is 4.33. The maximum absolute atomic E-state index is 11.6. The summed E-state index contributed by atoms with van der Waals surface area (Å²) in [6.07, 6.45) is 6.81. The molecule has 1 fully saturated rings. The Kier molecular flexibility index (Phi) is 4.46. The predicted molar refractivity (Wildman–Crippen MR) is 77.2 cm³/mol. The fourth-order valence-electron chi connectivity index (χ4n) is 3.12. The molecule has 1 saturated carbocycles. The Bertz CT molecular complexity index is 450. The van der Waals surface area contributed by atoms with Crippen molar-refractivity contribution in [2.75, 3.05) is 5.73 Å². The molecule has 0 heterocycles. The van der Waals surface area contributed by atoms with E-state index >= 15 is 0 Å². The Morgan fingerprint density at radius 2 is 2.05 bits per heavy atom. The second-order valence-corrected chi connectivity index (χ2v) is 5.71. The molecule has 0 saturated heterocycles. The molecule has 0 radical (unpaired) electrons. The molecule has 19 heavy (non-hydrogen) atoms. The molecule has 1 atom stereocenters. The zero-order valence-corrected chi connectivity index (χ0v) is 11.6. The average Bonchev–Trinajstić information content (AvgIpc) is 2.40. The minimum Gasteiger partial charge on any atom is -0.481 e. The molecule has 0 spiro atoms. The number of carboxylic acids is 1. The molecule has 1 aliphatic rings. The molecule has 0 aromatic heterocycles. The summed E-state index contributed by atoms with van der Waals surface area (Å²) in [6, 6.07) is 5.69. The van der Waals surface area contributed by atoms with E-state index in [9.17, 15) is 9.90 Å². The van der Waals surface area contributed by atoms with E-state index in [1.165, 1.54) is 19.3 Å². The van der Waals surface area contributed by atoms with Crippen LogP contribution in [0.4, 0.5) is 5.69 Å². The zero-order chi connectivity index (χ0) is 13.8. The summed E-state index contributed by atoms with van der Waals surface area (Å²) >= 11 is 0. The summed E-state index contributed by atoms with van der Waals surface area (Å²) in [4.78, 5) is 11.6. The average molecular weight is 261 g/mol. The van der Waals surface area contributed by atoms with Gasteiger partial charge >= 0.3 is 5.97 Å². The van der Waals surface area contributed by atoms with E-state index < -0.39 is 11.9 Å². The lowest BCUT2D eigenvalue weighted by atomic mass is 9.80. The maximum atomic E-state index is 11.6. The van der Waals surface area contributed by atoms with Gasteiger partial charge in [0.25, 0.3) is 0 Å². The normalized spacial score (nSPS) is 18.2. The van der Waals surface area contributed by atoms with Gasteiger partial charge in [0, 0.05) is 5.69 Å². The number of nitrogens with two attached hydrogens (primary N) is 1. The maximum Gasteiger partial charge on any atom is 0.311 e. The molecular formula is C16H23NO2. The van der Waals surface area contributed by atoms with Crippen LogP contribution in [0.25, 0.3) is 0 Å². The van der Waals surface area contributed by atoms with Crippen molar-refractivity contribution in [3.63, 3.8) is 0 Å². The number of hydrogen-bond donors (Lipinski definition) is 2. The number of carbonyl (C=O) groups is 1. The van der Waals surface area contributed by atoms with Gasteiger partial charge < -0.3 is 10.8 Å². The Balaban J connectivity index is 2.19. The highest BCUT2D eigenvalue weighted by Crippen LogP contribution is 2.35. The number of rotatable bonds is 4. The van der Waals surface area contributed by atoms with Crippen LogP contribution in [0.15, 0.2) is 18.2 Å². The van der Waals surface area contributed by atoms with Gasteiger partial charge in [-0.3, -0.25) is 4.79 Å². The second kappa shape index (κ2) is 6.09. The topological polar surface area (TPSA) is 63.3 Å². The molecule has 0 amide bonds. The predicted octanol–water partition coefficient (Wildman–Crippen LogP) is 3.72. The smallest absolute Gasteiger partial charge is 0.311 e. The molecule has 2 rings (SSSR count). The lowest BCUT2D eigenvalue weighted by Gasteiger charge is -2.25. The zero-order valence-electron chi connectivity index (χ0n) is 11.6. The van der Waals surface area contributed by atoms with Crippen LogP contribution in [0.2, 0.25) is 0 Å². The van der Waals surface area contributed by atoms with Gasteiger partial charge in [0.05, 0.1) is 5.92 Å². The summed E-state index contributed by atoms with van der Waals surface area (Å²) < 4.78 is 0. The van der Waals surface area contributed by atoms with Crippen molar-refractivity contribution in [1.29, 1.82) is 0 Å². The second-order valence-electron chi connectivity index (χ2n) is 5.71. The molecule has 1 aromatic rings. The first-order chi connectivity index (χ1) is 9.09. The summed E-state index contributed by atoms with van der Waals surface area (Å²) in [7, 11) is 0. The Morgan fingerprint density at radius 3 is 2.68 bits per heavy atom. The van der Waals surface area contributed by atoms with Crippen molar-refractivity contribution < 1.29 is 9.90 Å². The van der Waals surface area contributed by atoms with Crippen molar-refractivity contribution in [3.05, 3.63) is 29.3 Å². The van der Waals surface area contributed by atoms with Crippen molar-refractivity contribution in [2.24, 2.45) is 5.92 Å². The van der Waals surface area contributed by atoms with Crippen LogP contribution in [0.1, 0.15) is 55.6 Å². The van der Waals surface area contributed by atoms with Crippen LogP contribution in [0.3, 0.4) is 0 Å². The highest BCUT2D eigenvalue weighted by Gasteiger charge is 2.27. The van der Waals surface area contributed by atoms with Crippen LogP contribution in [0, 0.1) is 12.8 Å². The fraction of sp³-hybridized carbons (Fsp3) is 0.562. The number of aliphatic carboxylic acids is 1. The van der Waals surface area contributed by atoms with Gasteiger partial charge in [-0.1, -0.05) is 50.3 Å². The first kappa shape index (κ1) is 13.9. The van der Waals surface area contributed by atoms with E-state index in [4.69, 9.17) is 5.73 Å². The number of anilines is 1. The number of aryl methyl sites for hydroxylation is 1. The van der Waals surface area contributed by atoms with Crippen LogP contribution < -0.4 is 5.73 Å². The largest absolute Gasteiger partial charge is 0.481 e. The summed E-state index contributed by atoms with van der Waals surface area (Å²) in [5, 5.41) is 9.52. The molecule has 3 nitrogen and oxygen atoms in total. The lowest BCUT2D eigenvalue weighted by Crippen LogP contribution is -2.19. The van der Waals surface area contributed by atoms with Crippen molar-refractivity contribution >= 4 is 11.7 Å². The molecule has 1 aromatic carbocycles. The van der Waals surface area contributed by atoms with Gasteiger partial charge in [-0.05, 0) is 30.4 Å². The van der Waals surface area contributed by atoms with E-state index in [1.807, 2.05) is 25.1 Å². The van der Waals surface area contributed by atoms with Crippen LogP contribution in [-0.2, 0) is 4.79 Å². The van der Waals surface area contributed by atoms with Crippen LogP contribution >= 0.6 is 0 Å². The molecule has 3 heteroatoms. The molecule has 1 unspecified atom stereocenters. The van der Waals surface area contributed by atoms with E-state index in [0.29, 0.717) is 11.6 Å². The lowest BCUT2D eigenvalue weighted by molar-refractivity contribution is -0.139. The minimum atomic E-state index is -0.747. The first-order valence-corrected chi connectivity index (χ1v) is 7.17. The van der Waals surface area contributed by atoms with Gasteiger partial charge in [0.1, 0.15) is 0 Å². The number of nitrogen functional groups attached to an aromatic ring is 1. The van der Waals surface area contributed by atoms with E-state index in [2.05, 4.69) is 0 Å². The Hall–Kier alpha value is -1.51. The molecule has 3 N–H and O–H groups in total. The number of hydrogen-bond acceptors (Lipinski definition) is 2. The van der Waals surface area contributed by atoms with Crippen LogP contribution in [0.5, 0.6) is 0 Å². The third kappa shape index (κ3) is 3.28. The Labute approximate surface area is 114 Å². The van der Waals surface area contributed by atoms with Gasteiger partial charge in [0.15, 0.2) is 0 Å². The van der Waals surface area contributed by atoms with E-state index in [0.717, 1.165) is 30.4 Å². The highest BCUT2D eigenvalue weighted by atomic mass is 16.4. The van der Waals surface area contributed by atoms with Crippen molar-refractivity contribution in [3.8, 4) is 0 Å². The SMILES string of the molecule is Cc1cccc(C(CC2CCCCC2)C(=O)O)c1N. The standard InChI is InChI=1S/C16H23NO2/c1-11-6-5-9-13(15(11)17)14(16(18)19)10-12-7-3-2-4-8-12/h5-6,9,12,14H,2-4,7-8,10,17H2,1H3,(H,18,19). The number of benzene rings is 1. The van der Waals surface area contributed by atoms with Crippen molar-refractivity contribution in [1.82, 2.24) is 0 Å². The van der Waals surface area contributed by atoms with Gasteiger partial charge in [-0.2, -0.15) is 0 Å². The summed E-state index contributed by atoms with van der Waals surface area (Å²) in [5.74, 6) is -0.666. The monoisotopic (exact) mass is 261 g/mol. The minimum absolute atomic E-state index is 0.456. The van der Waals surface area contributed by atoms with E-state index in [-0.39, 0.29) is 0 Å². The molecule has 0 aliphatic heterocycles. The summed E-state index contributed by atoms with van der Waals surface area (Å²) in [6.45, 7) is 1.93. The van der Waals surface area contributed by atoms with E-state index in [1.54, 1.807) is 0 Å². The Morgan fingerprint density at radius 1 is 1.37 bits per heavy atom. The van der Waals surface area contributed by atoms with Crippen molar-refractivity contribution in [2.45, 2.75) is 51.4 Å². The highest BCUT2D eigenvalue weighted by molar-refractivity contribution is 5.79. The van der Waals surface area contributed by atoms with Gasteiger partial charge in [-0.15, -0.1) is 0 Å². The van der Waals surface area contributed by atoms with Gasteiger partial charge in [0.2, 0.25) is 0 Å². The molecule has 1 aliphatic carbocycles. The first-order valence-electron chi connectivity index (χ1n) is 7.17. The quantitative estimate of drug-likeness (QED) is 0.812. The fourth-order valence-corrected chi connectivity index (χ4v) is 3.12. The number of carboxylic acid groups (broad SMARTS) is 1. The van der Waals surface area contributed by atoms with Gasteiger partial charge in [-0.25, -0.2) is 0 Å². The van der Waals surface area contributed by atoms with Crippen LogP contribution in [-0.4, -0.2) is 11.1 Å². The molecule has 0 bridgehead atoms.